The molecule has 2 unspecified atom stereocenters. The van der Waals surface area contributed by atoms with Crippen LogP contribution in [0, 0.1) is 12.3 Å². The second-order valence-electron chi connectivity index (χ2n) is 32.2. The average molecular weight is 1150 g/mol. The fourth-order valence-corrected chi connectivity index (χ4v) is 18.1. The number of hydrogen-bond donors (Lipinski definition) is 0. The highest BCUT2D eigenvalue weighted by Gasteiger charge is 2.56. The van der Waals surface area contributed by atoms with E-state index in [2.05, 4.69) is 310 Å². The third-order valence-electron chi connectivity index (χ3n) is 23.6. The zero-order valence-electron chi connectivity index (χ0n) is 55.6. The van der Waals surface area contributed by atoms with E-state index in [1.165, 1.54) is 165 Å². The molecular formula is C85H89BN2. The molecular weight excluding hydrogens is 1060 g/mol. The van der Waals surface area contributed by atoms with Crippen molar-refractivity contribution in [2.75, 3.05) is 9.80 Å². The molecule has 0 bridgehead atoms. The number of anilines is 6. The van der Waals surface area contributed by atoms with Gasteiger partial charge < -0.3 is 9.80 Å². The quantitative estimate of drug-likeness (QED) is 0.162. The molecule has 15 rings (SSSR count). The number of rotatable bonds is 4. The maximum atomic E-state index is 2.71. The summed E-state index contributed by atoms with van der Waals surface area (Å²) in [6.45, 7) is 41.3. The Bertz CT molecular complexity index is 4470. The van der Waals surface area contributed by atoms with Gasteiger partial charge in [0.2, 0.25) is 0 Å². The van der Waals surface area contributed by atoms with Crippen LogP contribution in [-0.4, -0.2) is 6.71 Å². The van der Waals surface area contributed by atoms with E-state index in [-0.39, 0.29) is 50.0 Å². The van der Waals surface area contributed by atoms with E-state index in [4.69, 9.17) is 0 Å². The number of fused-ring (bicyclic) bond motifs is 11. The van der Waals surface area contributed by atoms with Crippen molar-refractivity contribution in [3.05, 3.63) is 254 Å². The highest BCUT2D eigenvalue weighted by Crippen LogP contribution is 2.66. The predicted octanol–water partition coefficient (Wildman–Crippen LogP) is 20.7. The van der Waals surface area contributed by atoms with Gasteiger partial charge in [0, 0.05) is 66.5 Å². The van der Waals surface area contributed by atoms with Gasteiger partial charge in [-0.05, 0) is 185 Å². The average Bonchev–Trinajstić information content (AvgIpc) is 0.884. The summed E-state index contributed by atoms with van der Waals surface area (Å²) in [4.78, 5) is 5.41. The Hall–Kier alpha value is -7.62. The minimum atomic E-state index is -0.250. The van der Waals surface area contributed by atoms with Crippen molar-refractivity contribution in [3.63, 3.8) is 0 Å². The van der Waals surface area contributed by atoms with Gasteiger partial charge in [0.1, 0.15) is 0 Å². The topological polar surface area (TPSA) is 6.48 Å². The summed E-state index contributed by atoms with van der Waals surface area (Å²) in [5.74, 6) is 0. The van der Waals surface area contributed by atoms with Crippen LogP contribution in [0.5, 0.6) is 0 Å². The van der Waals surface area contributed by atoms with Gasteiger partial charge in [-0.2, -0.15) is 0 Å². The molecule has 0 amide bonds. The van der Waals surface area contributed by atoms with Crippen molar-refractivity contribution in [3.8, 4) is 11.1 Å². The zero-order chi connectivity index (χ0) is 61.8. The molecule has 1 saturated carbocycles. The minimum Gasteiger partial charge on any atom is -0.311 e. The molecule has 4 aliphatic carbocycles. The molecule has 2 heterocycles. The Morgan fingerprint density at radius 2 is 0.898 bits per heavy atom. The molecule has 9 aromatic carbocycles. The van der Waals surface area contributed by atoms with Crippen molar-refractivity contribution < 1.29 is 0 Å². The monoisotopic (exact) mass is 1150 g/mol. The van der Waals surface area contributed by atoms with Crippen molar-refractivity contribution in [2.45, 2.75) is 181 Å². The highest BCUT2D eigenvalue weighted by molar-refractivity contribution is 7.00. The van der Waals surface area contributed by atoms with Crippen molar-refractivity contribution in [1.82, 2.24) is 0 Å². The van der Waals surface area contributed by atoms with Gasteiger partial charge >= 0.3 is 0 Å². The second kappa shape index (κ2) is 18.7. The summed E-state index contributed by atoms with van der Waals surface area (Å²) in [5.41, 5.74) is 34.2. The summed E-state index contributed by atoms with van der Waals surface area (Å²) in [6, 6.07) is 70.2. The van der Waals surface area contributed by atoms with Gasteiger partial charge in [0.25, 0.3) is 6.71 Å². The van der Waals surface area contributed by atoms with Crippen LogP contribution in [0.3, 0.4) is 0 Å². The molecule has 6 aliphatic rings. The van der Waals surface area contributed by atoms with Crippen LogP contribution in [0.2, 0.25) is 0 Å². The Balaban J connectivity index is 1.04. The lowest BCUT2D eigenvalue weighted by Crippen LogP contribution is -2.62. The lowest BCUT2D eigenvalue weighted by Gasteiger charge is -2.49. The van der Waals surface area contributed by atoms with E-state index in [0.29, 0.717) is 0 Å². The molecule has 2 atom stereocenters. The first kappa shape index (κ1) is 56.9. The van der Waals surface area contributed by atoms with Crippen LogP contribution in [0.4, 0.5) is 34.1 Å². The standard InChI is InChI=1S/C85H89BN2/c1-52-43-75-77-76(44-52)88(72-40-35-55(78(2,3)4)47-59(72)54-27-19-18-20-28-54)73-46-53(45-65-58-37-34-56(79(5,6)7)48-66(58)85(17)42-26-25-41-84(65,85)16)33-39-70(73)86(77)71-50-68-69(83(14,15)63-32-24-23-31-62(63)82(68,12)13)51-74(71)87(75)57-36-38-64-67(49-57)81(10,11)61-30-22-21-29-60(61)80(64,8)9/h18-24,27-40,43-51H,25-26,41-42H2,1-17H3/b65-45+. The van der Waals surface area contributed by atoms with Crippen molar-refractivity contribution in [1.29, 1.82) is 0 Å². The summed E-state index contributed by atoms with van der Waals surface area (Å²) in [5, 5.41) is 0. The fourth-order valence-electron chi connectivity index (χ4n) is 18.1. The van der Waals surface area contributed by atoms with Crippen LogP contribution < -0.4 is 26.2 Å². The first-order chi connectivity index (χ1) is 41.6. The van der Waals surface area contributed by atoms with Gasteiger partial charge in [-0.25, -0.2) is 0 Å². The van der Waals surface area contributed by atoms with Crippen molar-refractivity contribution in [2.24, 2.45) is 5.41 Å². The SMILES string of the molecule is Cc1cc2c3c(c1)N(c1ccc(C(C)(C)C)cc1-c1ccccc1)c1cc(/C=C4\c5ccc(C(C)(C)C)cc5C5(C)CCCCC45C)ccc1B3c1cc3c(cc1N2c1ccc2c(c1)C(C)(C)c1ccccc1C2(C)C)C(C)(C)c1ccccc1C3(C)C. The third-order valence-corrected chi connectivity index (χ3v) is 23.6. The molecule has 0 aromatic heterocycles. The van der Waals surface area contributed by atoms with Gasteiger partial charge in [0.15, 0.2) is 0 Å². The minimum absolute atomic E-state index is 0.00332. The molecule has 2 aliphatic heterocycles. The van der Waals surface area contributed by atoms with E-state index in [1.807, 2.05) is 0 Å². The van der Waals surface area contributed by atoms with Crippen LogP contribution in [-0.2, 0) is 37.9 Å². The number of allylic oxidation sites excluding steroid dienone is 1. The maximum Gasteiger partial charge on any atom is 0.252 e. The van der Waals surface area contributed by atoms with Gasteiger partial charge in [0.05, 0.1) is 5.69 Å². The summed E-state index contributed by atoms with van der Waals surface area (Å²) >= 11 is 0. The summed E-state index contributed by atoms with van der Waals surface area (Å²) < 4.78 is 0. The Morgan fingerprint density at radius 1 is 0.386 bits per heavy atom. The van der Waals surface area contributed by atoms with Crippen LogP contribution in [0.15, 0.2) is 176 Å². The zero-order valence-corrected chi connectivity index (χ0v) is 55.6. The van der Waals surface area contributed by atoms with Gasteiger partial charge in [-0.1, -0.05) is 257 Å². The molecule has 0 radical (unpaired) electrons. The molecule has 88 heavy (non-hydrogen) atoms. The summed E-state index contributed by atoms with van der Waals surface area (Å²) in [7, 11) is 0. The predicted molar refractivity (Wildman–Crippen MR) is 378 cm³/mol. The highest BCUT2D eigenvalue weighted by atomic mass is 15.2. The molecule has 2 nitrogen and oxygen atoms in total. The molecule has 9 aromatic rings. The van der Waals surface area contributed by atoms with Crippen LogP contribution in [0.25, 0.3) is 22.8 Å². The van der Waals surface area contributed by atoms with E-state index >= 15 is 0 Å². The van der Waals surface area contributed by atoms with Crippen LogP contribution >= 0.6 is 0 Å². The molecule has 442 valence electrons. The Morgan fingerprint density at radius 3 is 1.51 bits per heavy atom. The largest absolute Gasteiger partial charge is 0.311 e. The van der Waals surface area contributed by atoms with E-state index in [9.17, 15) is 0 Å². The smallest absolute Gasteiger partial charge is 0.252 e. The second-order valence-corrected chi connectivity index (χ2v) is 32.2. The molecule has 0 saturated heterocycles. The normalized spacial score (nSPS) is 21.5. The van der Waals surface area contributed by atoms with Crippen molar-refractivity contribution >= 4 is 68.9 Å². The number of aryl methyl sites for hydroxylation is 1. The lowest BCUT2D eigenvalue weighted by molar-refractivity contribution is 0.165. The summed E-state index contributed by atoms with van der Waals surface area (Å²) in [6.07, 6.45) is 7.55. The molecule has 0 N–H and O–H groups in total. The third kappa shape index (κ3) is 7.86. The lowest BCUT2D eigenvalue weighted by atomic mass is 9.33. The Labute approximate surface area is 527 Å². The molecule has 0 spiro atoms. The number of benzene rings is 9. The first-order valence-corrected chi connectivity index (χ1v) is 33.1. The van der Waals surface area contributed by atoms with E-state index in [0.717, 1.165) is 0 Å². The number of nitrogens with zero attached hydrogens (tertiary/aromatic N) is 2. The maximum absolute atomic E-state index is 2.71. The van der Waals surface area contributed by atoms with E-state index < -0.39 is 0 Å². The van der Waals surface area contributed by atoms with Crippen LogP contribution in [0.1, 0.15) is 214 Å². The molecule has 3 heteroatoms. The van der Waals surface area contributed by atoms with E-state index in [1.54, 1.807) is 5.56 Å². The Kier molecular flexibility index (Phi) is 12.1. The van der Waals surface area contributed by atoms with Gasteiger partial charge in [-0.3, -0.25) is 0 Å². The fraction of sp³-hybridized carbons (Fsp3) is 0.341. The molecule has 1 fully saturated rings. The van der Waals surface area contributed by atoms with Gasteiger partial charge in [-0.15, -0.1) is 0 Å². The first-order valence-electron chi connectivity index (χ1n) is 33.1. The number of hydrogen-bond acceptors (Lipinski definition) is 2.